The monoisotopic (exact) mass is 365 g/mol. The smallest absolute Gasteiger partial charge is 0.151 e. The minimum absolute atomic E-state index is 0.717. The van der Waals surface area contributed by atoms with E-state index in [0.717, 1.165) is 37.0 Å². The second kappa shape index (κ2) is 5.87. The first kappa shape index (κ1) is 14.1. The van der Waals surface area contributed by atoms with Crippen LogP contribution >= 0.6 is 27.3 Å². The molecule has 2 aromatic heterocycles. The highest BCUT2D eigenvalue weighted by molar-refractivity contribution is 9.11. The van der Waals surface area contributed by atoms with E-state index in [1.807, 2.05) is 24.3 Å². The highest BCUT2D eigenvalue weighted by Crippen LogP contribution is 2.35. The molecule has 0 atom stereocenters. The van der Waals surface area contributed by atoms with Crippen LogP contribution in [0, 0.1) is 0 Å². The predicted molar refractivity (Wildman–Crippen MR) is 87.9 cm³/mol. The molecule has 0 radical (unpaired) electrons. The maximum Gasteiger partial charge on any atom is 0.151 e. The Balaban J connectivity index is 2.02. The number of rotatable bonds is 4. The van der Waals surface area contributed by atoms with Gasteiger partial charge < -0.3 is 14.8 Å². The Kier molecular flexibility index (Phi) is 3.94. The number of ether oxygens (including phenoxy) is 2. The Hall–Kier alpha value is -1.86. The number of nitrogens with zero attached hydrogens (tertiary/aromatic N) is 2. The van der Waals surface area contributed by atoms with Crippen molar-refractivity contribution in [3.8, 4) is 11.5 Å². The van der Waals surface area contributed by atoms with E-state index in [1.54, 1.807) is 31.9 Å². The molecule has 1 aromatic carbocycles. The molecule has 21 heavy (non-hydrogen) atoms. The van der Waals surface area contributed by atoms with E-state index in [1.165, 1.54) is 0 Å². The Bertz CT molecular complexity index is 769. The number of hydrogen-bond acceptors (Lipinski definition) is 6. The number of fused-ring (bicyclic) bond motifs is 1. The fourth-order valence-corrected chi connectivity index (χ4v) is 3.42. The van der Waals surface area contributed by atoms with Crippen molar-refractivity contribution in [2.45, 2.75) is 0 Å². The van der Waals surface area contributed by atoms with Crippen molar-refractivity contribution < 1.29 is 9.47 Å². The van der Waals surface area contributed by atoms with Crippen LogP contribution in [0.2, 0.25) is 0 Å². The lowest BCUT2D eigenvalue weighted by Gasteiger charge is -2.10. The zero-order chi connectivity index (χ0) is 14.8. The summed E-state index contributed by atoms with van der Waals surface area (Å²) in [7, 11) is 3.25. The molecule has 0 bridgehead atoms. The van der Waals surface area contributed by atoms with E-state index in [2.05, 4.69) is 31.2 Å². The van der Waals surface area contributed by atoms with Crippen molar-refractivity contribution in [3.05, 3.63) is 34.4 Å². The Morgan fingerprint density at radius 3 is 2.43 bits per heavy atom. The van der Waals surface area contributed by atoms with Gasteiger partial charge in [0, 0.05) is 23.9 Å². The van der Waals surface area contributed by atoms with Gasteiger partial charge in [-0.05, 0) is 22.0 Å². The van der Waals surface area contributed by atoms with Crippen LogP contribution in [0.3, 0.4) is 0 Å². The molecule has 0 amide bonds. The summed E-state index contributed by atoms with van der Waals surface area (Å²) in [6.45, 7) is 0. The number of thiophene rings is 1. The van der Waals surface area contributed by atoms with Gasteiger partial charge in [-0.15, -0.1) is 11.3 Å². The van der Waals surface area contributed by atoms with Gasteiger partial charge in [0.15, 0.2) is 5.82 Å². The largest absolute Gasteiger partial charge is 0.497 e. The summed E-state index contributed by atoms with van der Waals surface area (Å²) in [5, 5.41) is 3.29. The van der Waals surface area contributed by atoms with E-state index < -0.39 is 0 Å². The van der Waals surface area contributed by atoms with E-state index in [-0.39, 0.29) is 0 Å². The van der Waals surface area contributed by atoms with Crippen molar-refractivity contribution in [1.29, 1.82) is 0 Å². The van der Waals surface area contributed by atoms with E-state index in [4.69, 9.17) is 9.47 Å². The minimum Gasteiger partial charge on any atom is -0.497 e. The maximum absolute atomic E-state index is 5.27. The lowest BCUT2D eigenvalue weighted by molar-refractivity contribution is 0.395. The number of aromatic nitrogens is 2. The second-order valence-electron chi connectivity index (χ2n) is 4.21. The molecule has 1 N–H and O–H groups in total. The van der Waals surface area contributed by atoms with Crippen molar-refractivity contribution in [3.63, 3.8) is 0 Å². The lowest BCUT2D eigenvalue weighted by atomic mass is 10.2. The van der Waals surface area contributed by atoms with Crippen LogP contribution < -0.4 is 14.8 Å². The van der Waals surface area contributed by atoms with Gasteiger partial charge >= 0.3 is 0 Å². The van der Waals surface area contributed by atoms with Gasteiger partial charge in [0.05, 0.1) is 28.2 Å². The molecular formula is C14H12BrN3O2S. The molecule has 0 fully saturated rings. The van der Waals surface area contributed by atoms with Crippen molar-refractivity contribution in [2.75, 3.05) is 19.5 Å². The highest BCUT2D eigenvalue weighted by atomic mass is 79.9. The first-order valence-electron chi connectivity index (χ1n) is 6.09. The van der Waals surface area contributed by atoms with Crippen LogP contribution in [0.15, 0.2) is 34.4 Å². The van der Waals surface area contributed by atoms with Crippen LogP contribution in [-0.4, -0.2) is 24.2 Å². The van der Waals surface area contributed by atoms with Crippen molar-refractivity contribution in [2.24, 2.45) is 0 Å². The summed E-state index contributed by atoms with van der Waals surface area (Å²) >= 11 is 5.06. The summed E-state index contributed by atoms with van der Waals surface area (Å²) in [4.78, 5) is 8.56. The summed E-state index contributed by atoms with van der Waals surface area (Å²) in [6, 6.07) is 7.57. The molecule has 0 saturated carbocycles. The third kappa shape index (κ3) is 2.93. The number of anilines is 2. The van der Waals surface area contributed by atoms with Gasteiger partial charge in [-0.25, -0.2) is 9.97 Å². The summed E-state index contributed by atoms with van der Waals surface area (Å²) in [5.41, 5.74) is 1.75. The molecule has 0 saturated heterocycles. The minimum atomic E-state index is 0.717. The maximum atomic E-state index is 5.27. The standard InChI is InChI=1S/C14H12BrN3O2S/c1-19-9-3-8(4-10(5-9)20-2)18-14-13-11(16-7-17-14)6-12(15)21-13/h3-7H,1-2H3,(H,16,17,18). The first-order valence-corrected chi connectivity index (χ1v) is 7.70. The molecular weight excluding hydrogens is 354 g/mol. The van der Waals surface area contributed by atoms with Gasteiger partial charge in [0.25, 0.3) is 0 Å². The zero-order valence-electron chi connectivity index (χ0n) is 11.4. The van der Waals surface area contributed by atoms with E-state index in [0.29, 0.717) is 0 Å². The van der Waals surface area contributed by atoms with Crippen LogP contribution in [0.25, 0.3) is 10.2 Å². The Morgan fingerprint density at radius 2 is 1.76 bits per heavy atom. The lowest BCUT2D eigenvalue weighted by Crippen LogP contribution is -1.96. The molecule has 108 valence electrons. The SMILES string of the molecule is COc1cc(Nc2ncnc3cc(Br)sc23)cc(OC)c1. The van der Waals surface area contributed by atoms with Gasteiger partial charge in [0.1, 0.15) is 17.8 Å². The molecule has 3 rings (SSSR count). The number of nitrogens with one attached hydrogen (secondary N) is 1. The first-order chi connectivity index (χ1) is 10.2. The molecule has 0 aliphatic carbocycles. The third-order valence-electron chi connectivity index (χ3n) is 2.90. The third-order valence-corrected chi connectivity index (χ3v) is 4.53. The Morgan fingerprint density at radius 1 is 1.05 bits per heavy atom. The zero-order valence-corrected chi connectivity index (χ0v) is 13.8. The molecule has 0 spiro atoms. The van der Waals surface area contributed by atoms with Crippen LogP contribution in [0.1, 0.15) is 0 Å². The molecule has 5 nitrogen and oxygen atoms in total. The van der Waals surface area contributed by atoms with E-state index in [9.17, 15) is 0 Å². The molecule has 0 aliphatic heterocycles. The predicted octanol–water partition coefficient (Wildman–Crippen LogP) is 4.21. The summed E-state index contributed by atoms with van der Waals surface area (Å²) in [5.74, 6) is 2.19. The average Bonchev–Trinajstić information content (AvgIpc) is 2.88. The highest BCUT2D eigenvalue weighted by Gasteiger charge is 2.09. The molecule has 0 unspecified atom stereocenters. The Labute approximate surface area is 134 Å². The molecule has 3 aromatic rings. The van der Waals surface area contributed by atoms with Crippen LogP contribution in [0.5, 0.6) is 11.5 Å². The van der Waals surface area contributed by atoms with Crippen LogP contribution in [-0.2, 0) is 0 Å². The second-order valence-corrected chi connectivity index (χ2v) is 6.64. The number of hydrogen-bond donors (Lipinski definition) is 1. The van der Waals surface area contributed by atoms with Gasteiger partial charge in [-0.3, -0.25) is 0 Å². The fourth-order valence-electron chi connectivity index (χ4n) is 1.93. The van der Waals surface area contributed by atoms with Crippen LogP contribution in [0.4, 0.5) is 11.5 Å². The molecule has 7 heteroatoms. The van der Waals surface area contributed by atoms with Crippen molar-refractivity contribution in [1.82, 2.24) is 9.97 Å². The van der Waals surface area contributed by atoms with Gasteiger partial charge in [0.2, 0.25) is 0 Å². The molecule has 2 heterocycles. The number of benzene rings is 1. The topological polar surface area (TPSA) is 56.3 Å². The summed E-state index contributed by atoms with van der Waals surface area (Å²) < 4.78 is 12.5. The average molecular weight is 366 g/mol. The number of methoxy groups -OCH3 is 2. The quantitative estimate of drug-likeness (QED) is 0.750. The van der Waals surface area contributed by atoms with E-state index >= 15 is 0 Å². The van der Waals surface area contributed by atoms with Crippen molar-refractivity contribution >= 4 is 49.0 Å². The molecule has 0 aliphatic rings. The van der Waals surface area contributed by atoms with Gasteiger partial charge in [-0.1, -0.05) is 0 Å². The summed E-state index contributed by atoms with van der Waals surface area (Å²) in [6.07, 6.45) is 1.54. The normalized spacial score (nSPS) is 10.6. The number of halogens is 1. The van der Waals surface area contributed by atoms with Gasteiger partial charge in [-0.2, -0.15) is 0 Å². The fraction of sp³-hybridized carbons (Fsp3) is 0.143.